The predicted octanol–water partition coefficient (Wildman–Crippen LogP) is 5.72. The van der Waals surface area contributed by atoms with Crippen LogP contribution in [-0.2, 0) is 4.79 Å². The predicted molar refractivity (Wildman–Crippen MR) is 131 cm³/mol. The van der Waals surface area contributed by atoms with Gasteiger partial charge in [-0.05, 0) is 74.1 Å². The third-order valence-corrected chi connectivity index (χ3v) is 7.44. The number of likely N-dealkylation sites (N-methyl/N-ethyl adjacent to an activating group) is 1. The van der Waals surface area contributed by atoms with E-state index in [1.165, 1.54) is 16.8 Å². The first-order valence-corrected chi connectivity index (χ1v) is 12.1. The molecule has 33 heavy (non-hydrogen) atoms. The summed E-state index contributed by atoms with van der Waals surface area (Å²) >= 11 is 6.10. The molecule has 0 spiro atoms. The van der Waals surface area contributed by atoms with Crippen LogP contribution in [0, 0.1) is 11.8 Å². The number of benzene rings is 1. The monoisotopic (exact) mass is 464 g/mol. The summed E-state index contributed by atoms with van der Waals surface area (Å²) < 4.78 is 0. The van der Waals surface area contributed by atoms with Gasteiger partial charge in [-0.25, -0.2) is 4.98 Å². The summed E-state index contributed by atoms with van der Waals surface area (Å²) in [6, 6.07) is 5.65. The van der Waals surface area contributed by atoms with Gasteiger partial charge in [-0.1, -0.05) is 29.3 Å². The smallest absolute Gasteiger partial charge is 0.303 e. The number of H-pyrrole nitrogens is 1. The van der Waals surface area contributed by atoms with Gasteiger partial charge >= 0.3 is 5.97 Å². The Kier molecular flexibility index (Phi) is 6.11. The van der Waals surface area contributed by atoms with E-state index in [0.29, 0.717) is 29.8 Å². The van der Waals surface area contributed by atoms with E-state index in [2.05, 4.69) is 34.1 Å². The van der Waals surface area contributed by atoms with Crippen LogP contribution in [0.1, 0.15) is 50.8 Å². The number of carboxylic acid groups (broad SMARTS) is 1. The third-order valence-electron chi connectivity index (χ3n) is 7.20. The van der Waals surface area contributed by atoms with E-state index in [0.717, 1.165) is 61.1 Å². The molecule has 1 aliphatic heterocycles. The number of rotatable bonds is 5. The lowest BCUT2D eigenvalue weighted by molar-refractivity contribution is -0.138. The lowest BCUT2D eigenvalue weighted by Crippen LogP contribution is -2.30. The van der Waals surface area contributed by atoms with Crippen molar-refractivity contribution in [1.29, 1.82) is 0 Å². The Hall–Kier alpha value is -2.86. The largest absolute Gasteiger partial charge is 0.481 e. The molecular formula is C26H29ClN4O2. The highest BCUT2D eigenvalue weighted by molar-refractivity contribution is 6.31. The van der Waals surface area contributed by atoms with E-state index in [-0.39, 0.29) is 0 Å². The second-order valence-corrected chi connectivity index (χ2v) is 9.88. The van der Waals surface area contributed by atoms with Gasteiger partial charge in [0, 0.05) is 18.5 Å². The van der Waals surface area contributed by atoms with Gasteiger partial charge < -0.3 is 15.0 Å². The van der Waals surface area contributed by atoms with E-state index in [4.69, 9.17) is 21.7 Å². The van der Waals surface area contributed by atoms with Crippen LogP contribution in [0.4, 0.5) is 0 Å². The number of aliphatic carboxylic acids is 1. The van der Waals surface area contributed by atoms with Crippen molar-refractivity contribution in [1.82, 2.24) is 14.9 Å². The summed E-state index contributed by atoms with van der Waals surface area (Å²) in [6.45, 7) is 0.695. The van der Waals surface area contributed by atoms with Gasteiger partial charge in [0.15, 0.2) is 5.82 Å². The van der Waals surface area contributed by atoms with Crippen LogP contribution in [0.5, 0.6) is 0 Å². The fourth-order valence-corrected chi connectivity index (χ4v) is 5.53. The average Bonchev–Trinajstić information content (AvgIpc) is 3.23. The minimum Gasteiger partial charge on any atom is -0.481 e. The van der Waals surface area contributed by atoms with Gasteiger partial charge in [-0.2, -0.15) is 0 Å². The maximum Gasteiger partial charge on any atom is 0.303 e. The molecule has 2 heterocycles. The zero-order valence-corrected chi connectivity index (χ0v) is 19.6. The molecule has 0 atom stereocenters. The number of imidazole rings is 1. The lowest BCUT2D eigenvalue weighted by Gasteiger charge is -2.32. The van der Waals surface area contributed by atoms with Crippen molar-refractivity contribution in [3.05, 3.63) is 64.2 Å². The molecule has 5 rings (SSSR count). The van der Waals surface area contributed by atoms with Crippen molar-refractivity contribution in [3.63, 3.8) is 0 Å². The summed E-state index contributed by atoms with van der Waals surface area (Å²) in [7, 11) is 2.10. The number of hydrogen-bond donors (Lipinski definition) is 2. The van der Waals surface area contributed by atoms with Gasteiger partial charge in [0.05, 0.1) is 29.5 Å². The molecule has 7 heteroatoms. The minimum absolute atomic E-state index is 0.320. The number of aromatic nitrogens is 2. The van der Waals surface area contributed by atoms with Crippen molar-refractivity contribution in [2.75, 3.05) is 13.6 Å². The van der Waals surface area contributed by atoms with Crippen LogP contribution in [0.2, 0.25) is 5.02 Å². The van der Waals surface area contributed by atoms with Crippen LogP contribution >= 0.6 is 11.6 Å². The average molecular weight is 465 g/mol. The third kappa shape index (κ3) is 4.76. The molecule has 172 valence electrons. The Morgan fingerprint density at radius 3 is 2.73 bits per heavy atom. The normalized spacial score (nSPS) is 23.6. The Morgan fingerprint density at radius 2 is 2.03 bits per heavy atom. The molecule has 0 unspecified atom stereocenters. The quantitative estimate of drug-likeness (QED) is 0.592. The standard InChI is InChI=1S/C26H29ClN4O2/c1-31-15-23(26-29-21-11-10-20(27)13-22(21)30-26)28-14-24(31)19-8-6-18(7-9-19)17-4-2-16(3-5-17)12-25(32)33/h6,8,10-11,13-14,16-17H,2-5,7,9,12,15H2,1H3,(H,29,30)(H,32,33). The van der Waals surface area contributed by atoms with E-state index in [9.17, 15) is 4.79 Å². The van der Waals surface area contributed by atoms with Crippen LogP contribution in [0.25, 0.3) is 11.0 Å². The molecule has 0 amide bonds. The molecule has 1 aromatic heterocycles. The van der Waals surface area contributed by atoms with Gasteiger partial charge in [-0.3, -0.25) is 9.79 Å². The molecule has 3 aliphatic rings. The van der Waals surface area contributed by atoms with Crippen molar-refractivity contribution in [2.45, 2.75) is 44.9 Å². The Morgan fingerprint density at radius 1 is 1.21 bits per heavy atom. The van der Waals surface area contributed by atoms with Crippen molar-refractivity contribution >= 4 is 34.3 Å². The highest BCUT2D eigenvalue weighted by Crippen LogP contribution is 2.39. The highest BCUT2D eigenvalue weighted by Gasteiger charge is 2.27. The molecule has 2 aliphatic carbocycles. The number of fused-ring (bicyclic) bond motifs is 1. The molecular weight excluding hydrogens is 436 g/mol. The second-order valence-electron chi connectivity index (χ2n) is 9.44. The Labute approximate surface area is 198 Å². The first-order valence-electron chi connectivity index (χ1n) is 11.7. The van der Waals surface area contributed by atoms with Crippen molar-refractivity contribution in [3.8, 4) is 0 Å². The molecule has 0 bridgehead atoms. The Bertz CT molecular complexity index is 1200. The van der Waals surface area contributed by atoms with Crippen molar-refractivity contribution in [2.24, 2.45) is 16.8 Å². The number of nitrogens with zero attached hydrogens (tertiary/aromatic N) is 3. The van der Waals surface area contributed by atoms with Crippen LogP contribution in [0.3, 0.4) is 0 Å². The number of aliphatic imine (C=N–C) groups is 1. The number of hydrogen-bond acceptors (Lipinski definition) is 4. The number of carboxylic acids is 1. The maximum absolute atomic E-state index is 11.0. The maximum atomic E-state index is 11.0. The molecule has 1 aromatic carbocycles. The summed E-state index contributed by atoms with van der Waals surface area (Å²) in [5, 5.41) is 9.72. The summed E-state index contributed by atoms with van der Waals surface area (Å²) in [5.41, 5.74) is 6.73. The summed E-state index contributed by atoms with van der Waals surface area (Å²) in [5.74, 6) is 1.08. The second kappa shape index (κ2) is 9.18. The molecule has 0 saturated heterocycles. The van der Waals surface area contributed by atoms with Gasteiger partial charge in [0.2, 0.25) is 0 Å². The fourth-order valence-electron chi connectivity index (χ4n) is 5.36. The summed E-state index contributed by atoms with van der Waals surface area (Å²) in [6.07, 6.45) is 13.2. The minimum atomic E-state index is -0.664. The zero-order valence-electron chi connectivity index (χ0n) is 18.9. The number of allylic oxidation sites excluding steroid dienone is 4. The van der Waals surface area contributed by atoms with Crippen LogP contribution in [0.15, 0.2) is 58.4 Å². The number of halogens is 1. The van der Waals surface area contributed by atoms with Crippen LogP contribution < -0.4 is 0 Å². The highest BCUT2D eigenvalue weighted by atomic mass is 35.5. The first-order chi connectivity index (χ1) is 16.0. The van der Waals surface area contributed by atoms with E-state index < -0.39 is 5.97 Å². The topological polar surface area (TPSA) is 81.6 Å². The molecule has 1 saturated carbocycles. The summed E-state index contributed by atoms with van der Waals surface area (Å²) in [4.78, 5) is 26.0. The number of nitrogens with one attached hydrogen (secondary N) is 1. The first kappa shape index (κ1) is 22.0. The fraction of sp³-hybridized carbons (Fsp3) is 0.423. The molecule has 2 N–H and O–H groups in total. The lowest BCUT2D eigenvalue weighted by atomic mass is 9.75. The molecule has 1 fully saturated rings. The van der Waals surface area contributed by atoms with Gasteiger partial charge in [0.1, 0.15) is 5.71 Å². The van der Waals surface area contributed by atoms with Crippen molar-refractivity contribution < 1.29 is 9.90 Å². The number of aromatic amines is 1. The SMILES string of the molecule is CN1CC(c2nc3ccc(Cl)cc3[nH]2)=NC=C1C1=CC=C(C2CCC(CC(=O)O)CC2)CC1. The van der Waals surface area contributed by atoms with Crippen LogP contribution in [-0.4, -0.2) is 45.2 Å². The molecule has 6 nitrogen and oxygen atoms in total. The Balaban J connectivity index is 1.28. The number of carbonyl (C=O) groups is 1. The van der Waals surface area contributed by atoms with E-state index in [1.54, 1.807) is 0 Å². The van der Waals surface area contributed by atoms with E-state index in [1.807, 2.05) is 24.4 Å². The molecule has 2 aromatic rings. The zero-order chi connectivity index (χ0) is 22.9. The van der Waals surface area contributed by atoms with Gasteiger partial charge in [0.25, 0.3) is 0 Å². The van der Waals surface area contributed by atoms with Gasteiger partial charge in [-0.15, -0.1) is 0 Å². The molecule has 0 radical (unpaired) electrons. The van der Waals surface area contributed by atoms with E-state index >= 15 is 0 Å².